The molecule has 1 aromatic heterocycles. The van der Waals surface area contributed by atoms with Crippen LogP contribution in [0.2, 0.25) is 0 Å². The van der Waals surface area contributed by atoms with Gasteiger partial charge in [-0.2, -0.15) is 18.1 Å². The van der Waals surface area contributed by atoms with Crippen LogP contribution in [0.15, 0.2) is 59.4 Å². The molecule has 3 rings (SSSR count). The third-order valence-electron chi connectivity index (χ3n) is 3.34. The van der Waals surface area contributed by atoms with Crippen molar-refractivity contribution in [1.29, 1.82) is 0 Å². The zero-order valence-corrected chi connectivity index (χ0v) is 12.8. The van der Waals surface area contributed by atoms with Crippen molar-refractivity contribution in [3.8, 4) is 11.4 Å². The Morgan fingerprint density at radius 3 is 2.44 bits per heavy atom. The number of nitrogens with zero attached hydrogens (tertiary/aromatic N) is 4. The lowest BCUT2D eigenvalue weighted by Gasteiger charge is -2.09. The van der Waals surface area contributed by atoms with Gasteiger partial charge >= 0.3 is 12.3 Å². The molecule has 0 spiro atoms. The molecule has 0 saturated carbocycles. The predicted molar refractivity (Wildman–Crippen MR) is 83.0 cm³/mol. The molecule has 9 heteroatoms. The lowest BCUT2D eigenvalue weighted by atomic mass is 10.1. The summed E-state index contributed by atoms with van der Waals surface area (Å²) in [6.07, 6.45) is 0. The van der Waals surface area contributed by atoms with E-state index >= 15 is 0 Å². The van der Waals surface area contributed by atoms with Gasteiger partial charge in [0.25, 0.3) is 0 Å². The van der Waals surface area contributed by atoms with E-state index in [1.165, 1.54) is 24.3 Å². The SMILES string of the molecule is O=C(Cn1nnn(-c2ccccc2)c1=O)c1ccccc1OC(F)F. The van der Waals surface area contributed by atoms with Crippen molar-refractivity contribution in [3.05, 3.63) is 70.6 Å². The van der Waals surface area contributed by atoms with Crippen LogP contribution in [0.25, 0.3) is 5.69 Å². The number of benzene rings is 2. The van der Waals surface area contributed by atoms with Gasteiger partial charge < -0.3 is 4.74 Å². The maximum absolute atomic E-state index is 12.4. The maximum Gasteiger partial charge on any atom is 0.387 e. The molecule has 2 aromatic carbocycles. The summed E-state index contributed by atoms with van der Waals surface area (Å²) in [4.78, 5) is 24.6. The molecule has 7 nitrogen and oxygen atoms in total. The molecule has 0 fully saturated rings. The summed E-state index contributed by atoms with van der Waals surface area (Å²) in [6.45, 7) is -3.51. The van der Waals surface area contributed by atoms with Gasteiger partial charge in [0, 0.05) is 0 Å². The van der Waals surface area contributed by atoms with Gasteiger partial charge in [0.05, 0.1) is 11.3 Å². The fourth-order valence-electron chi connectivity index (χ4n) is 2.22. The van der Waals surface area contributed by atoms with Crippen molar-refractivity contribution in [2.24, 2.45) is 0 Å². The monoisotopic (exact) mass is 346 g/mol. The highest BCUT2D eigenvalue weighted by atomic mass is 19.3. The smallest absolute Gasteiger partial charge is 0.387 e. The summed E-state index contributed by atoms with van der Waals surface area (Å²) in [5.41, 5.74) is -0.191. The first kappa shape index (κ1) is 16.5. The van der Waals surface area contributed by atoms with Crippen LogP contribution < -0.4 is 10.4 Å². The van der Waals surface area contributed by atoms with E-state index in [1.807, 2.05) is 0 Å². The van der Waals surface area contributed by atoms with Gasteiger partial charge in [0.15, 0.2) is 5.78 Å². The van der Waals surface area contributed by atoms with Crippen LogP contribution in [-0.2, 0) is 6.54 Å². The van der Waals surface area contributed by atoms with Crippen LogP contribution in [0.3, 0.4) is 0 Å². The van der Waals surface area contributed by atoms with E-state index in [1.54, 1.807) is 30.3 Å². The summed E-state index contributed by atoms with van der Waals surface area (Å²) < 4.78 is 31.1. The minimum Gasteiger partial charge on any atom is -0.434 e. The van der Waals surface area contributed by atoms with Crippen molar-refractivity contribution >= 4 is 5.78 Å². The standard InChI is InChI=1S/C16H12F2N4O3/c17-15(18)25-14-9-5-4-8-12(14)13(23)10-21-16(24)22(20-19-21)11-6-2-1-3-7-11/h1-9,15H,10H2. The molecule has 0 unspecified atom stereocenters. The van der Waals surface area contributed by atoms with Crippen LogP contribution in [0.5, 0.6) is 5.75 Å². The number of aromatic nitrogens is 4. The van der Waals surface area contributed by atoms with E-state index in [0.717, 1.165) is 9.36 Å². The van der Waals surface area contributed by atoms with Crippen molar-refractivity contribution in [1.82, 2.24) is 19.8 Å². The Labute approximate surface area is 140 Å². The average Bonchev–Trinajstić information content (AvgIpc) is 2.96. The minimum atomic E-state index is -3.06. The summed E-state index contributed by atoms with van der Waals surface area (Å²) in [5, 5.41) is 7.37. The highest BCUT2D eigenvalue weighted by Gasteiger charge is 2.18. The van der Waals surface area contributed by atoms with E-state index in [0.29, 0.717) is 5.69 Å². The number of Topliss-reactive ketones (excluding diaryl/α,β-unsaturated/α-hetero) is 1. The second-order valence-electron chi connectivity index (χ2n) is 4.96. The zero-order chi connectivity index (χ0) is 17.8. The highest BCUT2D eigenvalue weighted by molar-refractivity contribution is 5.98. The Bertz CT molecular complexity index is 938. The molecule has 0 saturated heterocycles. The molecular formula is C16H12F2N4O3. The molecular weight excluding hydrogens is 334 g/mol. The third-order valence-corrected chi connectivity index (χ3v) is 3.34. The summed E-state index contributed by atoms with van der Waals surface area (Å²) >= 11 is 0. The van der Waals surface area contributed by atoms with Gasteiger partial charge in [0.2, 0.25) is 0 Å². The summed E-state index contributed by atoms with van der Waals surface area (Å²) in [6, 6.07) is 14.1. The van der Waals surface area contributed by atoms with Gasteiger partial charge in [-0.15, -0.1) is 0 Å². The third kappa shape index (κ3) is 3.60. The Kier molecular flexibility index (Phi) is 4.64. The van der Waals surface area contributed by atoms with E-state index < -0.39 is 24.6 Å². The van der Waals surface area contributed by atoms with Crippen LogP contribution in [0, 0.1) is 0 Å². The first-order chi connectivity index (χ1) is 12.1. The lowest BCUT2D eigenvalue weighted by molar-refractivity contribution is -0.0501. The molecule has 0 amide bonds. The maximum atomic E-state index is 12.4. The summed E-state index contributed by atoms with van der Waals surface area (Å²) in [7, 11) is 0. The fraction of sp³-hybridized carbons (Fsp3) is 0.125. The Hall–Kier alpha value is -3.36. The number of hydrogen-bond acceptors (Lipinski definition) is 5. The number of para-hydroxylation sites is 2. The normalized spacial score (nSPS) is 10.8. The molecule has 0 atom stereocenters. The summed E-state index contributed by atoms with van der Waals surface area (Å²) in [5.74, 6) is -0.857. The molecule has 1 heterocycles. The van der Waals surface area contributed by atoms with Crippen molar-refractivity contribution in [3.63, 3.8) is 0 Å². The van der Waals surface area contributed by atoms with Crippen molar-refractivity contribution in [2.75, 3.05) is 0 Å². The van der Waals surface area contributed by atoms with Crippen LogP contribution in [0.1, 0.15) is 10.4 Å². The van der Waals surface area contributed by atoms with Gasteiger partial charge in [-0.25, -0.2) is 4.79 Å². The second kappa shape index (κ2) is 7.04. The first-order valence-corrected chi connectivity index (χ1v) is 7.21. The van der Waals surface area contributed by atoms with Crippen molar-refractivity contribution in [2.45, 2.75) is 13.2 Å². The van der Waals surface area contributed by atoms with E-state index in [2.05, 4.69) is 15.2 Å². The van der Waals surface area contributed by atoms with Gasteiger partial charge in [-0.3, -0.25) is 4.79 Å². The quantitative estimate of drug-likeness (QED) is 0.637. The number of ether oxygens (including phenoxy) is 1. The molecule has 0 N–H and O–H groups in total. The fourth-order valence-corrected chi connectivity index (χ4v) is 2.22. The predicted octanol–water partition coefficient (Wildman–Crippen LogP) is 1.91. The molecule has 0 bridgehead atoms. The second-order valence-corrected chi connectivity index (χ2v) is 4.96. The molecule has 0 aliphatic carbocycles. The number of tetrazole rings is 1. The molecule has 0 aliphatic heterocycles. The lowest BCUT2D eigenvalue weighted by Crippen LogP contribution is -2.27. The molecule has 3 aromatic rings. The van der Waals surface area contributed by atoms with E-state index in [4.69, 9.17) is 0 Å². The minimum absolute atomic E-state index is 0.0658. The number of carbonyl (C=O) groups excluding carboxylic acids is 1. The molecule has 0 aliphatic rings. The molecule has 0 radical (unpaired) electrons. The van der Waals surface area contributed by atoms with Crippen molar-refractivity contribution < 1.29 is 18.3 Å². The number of rotatable bonds is 6. The topological polar surface area (TPSA) is 79.0 Å². The molecule has 128 valence electrons. The van der Waals surface area contributed by atoms with Crippen LogP contribution >= 0.6 is 0 Å². The zero-order valence-electron chi connectivity index (χ0n) is 12.8. The van der Waals surface area contributed by atoms with Gasteiger partial charge in [-0.05, 0) is 34.7 Å². The van der Waals surface area contributed by atoms with Crippen LogP contribution in [0.4, 0.5) is 8.78 Å². The number of hydrogen-bond donors (Lipinski definition) is 0. The molecule has 25 heavy (non-hydrogen) atoms. The van der Waals surface area contributed by atoms with E-state index in [-0.39, 0.29) is 11.3 Å². The first-order valence-electron chi connectivity index (χ1n) is 7.21. The number of ketones is 1. The number of halogens is 2. The van der Waals surface area contributed by atoms with Crippen LogP contribution in [-0.4, -0.2) is 32.2 Å². The average molecular weight is 346 g/mol. The van der Waals surface area contributed by atoms with E-state index in [9.17, 15) is 18.4 Å². The Balaban J connectivity index is 1.86. The van der Waals surface area contributed by atoms with Gasteiger partial charge in [-0.1, -0.05) is 30.3 Å². The Morgan fingerprint density at radius 1 is 1.04 bits per heavy atom. The number of carbonyl (C=O) groups is 1. The highest BCUT2D eigenvalue weighted by Crippen LogP contribution is 2.21. The van der Waals surface area contributed by atoms with Gasteiger partial charge in [0.1, 0.15) is 12.3 Å². The number of alkyl halides is 2. The Morgan fingerprint density at radius 2 is 1.72 bits per heavy atom. The largest absolute Gasteiger partial charge is 0.434 e.